The average Bonchev–Trinajstić information content (AvgIpc) is 2.30. The van der Waals surface area contributed by atoms with Crippen molar-refractivity contribution in [2.24, 2.45) is 11.7 Å². The van der Waals surface area contributed by atoms with Crippen LogP contribution in [0.5, 0.6) is 0 Å². The van der Waals surface area contributed by atoms with E-state index in [1.54, 1.807) is 0 Å². The van der Waals surface area contributed by atoms with Gasteiger partial charge < -0.3 is 5.73 Å². The van der Waals surface area contributed by atoms with E-state index in [-0.39, 0.29) is 5.54 Å². The van der Waals surface area contributed by atoms with Crippen LogP contribution >= 0.6 is 0 Å². The highest BCUT2D eigenvalue weighted by Crippen LogP contribution is 2.48. The fraction of sp³-hybridized carbons (Fsp3) is 1.00. The first-order valence-electron chi connectivity index (χ1n) is 4.46. The monoisotopic (exact) mass is 154 g/mol. The van der Waals surface area contributed by atoms with Crippen molar-refractivity contribution in [3.05, 3.63) is 0 Å². The van der Waals surface area contributed by atoms with Crippen LogP contribution in [0.25, 0.3) is 0 Å². The summed E-state index contributed by atoms with van der Waals surface area (Å²) in [5.74, 6) is 0.807. The topological polar surface area (TPSA) is 29.3 Å². The number of fused-ring (bicyclic) bond motifs is 1. The Morgan fingerprint density at radius 3 is 2.36 bits per heavy atom. The molecule has 2 N–H and O–H groups in total. The molecule has 2 fully saturated rings. The Morgan fingerprint density at radius 1 is 1.45 bits per heavy atom. The van der Waals surface area contributed by atoms with E-state index in [1.165, 1.54) is 13.0 Å². The van der Waals surface area contributed by atoms with Gasteiger partial charge in [-0.2, -0.15) is 0 Å². The molecule has 0 amide bonds. The molecule has 0 aromatic rings. The highest BCUT2D eigenvalue weighted by Gasteiger charge is 2.58. The average molecular weight is 154 g/mol. The number of piperidine rings is 1. The van der Waals surface area contributed by atoms with Gasteiger partial charge in [0.15, 0.2) is 0 Å². The molecule has 0 aromatic heterocycles. The lowest BCUT2D eigenvalue weighted by molar-refractivity contribution is 0.153. The van der Waals surface area contributed by atoms with E-state index in [4.69, 9.17) is 5.73 Å². The zero-order chi connectivity index (χ0) is 8.28. The Balaban J connectivity index is 2.03. The fourth-order valence-electron chi connectivity index (χ4n) is 2.04. The predicted octanol–water partition coefficient (Wildman–Crippen LogP) is 0.818. The van der Waals surface area contributed by atoms with Gasteiger partial charge in [0.2, 0.25) is 0 Å². The van der Waals surface area contributed by atoms with Crippen LogP contribution in [0.2, 0.25) is 0 Å². The second kappa shape index (κ2) is 1.80. The van der Waals surface area contributed by atoms with Crippen LogP contribution in [-0.2, 0) is 0 Å². The Hall–Kier alpha value is -0.0800. The first-order valence-corrected chi connectivity index (χ1v) is 4.46. The fourth-order valence-corrected chi connectivity index (χ4v) is 2.04. The van der Waals surface area contributed by atoms with Crippen molar-refractivity contribution in [1.29, 1.82) is 0 Å². The van der Waals surface area contributed by atoms with Crippen molar-refractivity contribution in [1.82, 2.24) is 4.90 Å². The van der Waals surface area contributed by atoms with Crippen molar-refractivity contribution >= 4 is 0 Å². The number of rotatable bonds is 0. The zero-order valence-electron chi connectivity index (χ0n) is 7.72. The molecule has 0 aromatic carbocycles. The van der Waals surface area contributed by atoms with Crippen molar-refractivity contribution < 1.29 is 0 Å². The summed E-state index contributed by atoms with van der Waals surface area (Å²) in [6.07, 6.45) is 1.26. The molecule has 1 heterocycles. The van der Waals surface area contributed by atoms with Gasteiger partial charge in [0.25, 0.3) is 0 Å². The highest BCUT2D eigenvalue weighted by atomic mass is 15.3. The summed E-state index contributed by atoms with van der Waals surface area (Å²) in [6.45, 7) is 9.13. The lowest BCUT2D eigenvalue weighted by atomic mass is 10.1. The molecule has 64 valence electrons. The maximum Gasteiger partial charge on any atom is 0.0329 e. The van der Waals surface area contributed by atoms with Gasteiger partial charge in [-0.1, -0.05) is 0 Å². The first kappa shape index (κ1) is 7.56. The maximum atomic E-state index is 6.10. The Labute approximate surface area is 68.7 Å². The molecule has 2 atom stereocenters. The molecule has 2 heteroatoms. The maximum absolute atomic E-state index is 6.10. The van der Waals surface area contributed by atoms with E-state index in [2.05, 4.69) is 25.7 Å². The second-order valence-corrected chi connectivity index (χ2v) is 5.19. The second-order valence-electron chi connectivity index (χ2n) is 5.19. The summed E-state index contributed by atoms with van der Waals surface area (Å²) in [5.41, 5.74) is 6.63. The Morgan fingerprint density at radius 2 is 2.09 bits per heavy atom. The standard InChI is InChI=1S/C9H18N2/c1-8(2,3)11-5-7-4-9(7,10)6-11/h7H,4-6,10H2,1-3H3/t7?,9-/m0/s1. The van der Waals surface area contributed by atoms with Crippen LogP contribution in [0.4, 0.5) is 0 Å². The molecule has 0 bridgehead atoms. The van der Waals surface area contributed by atoms with E-state index >= 15 is 0 Å². The lowest BCUT2D eigenvalue weighted by Crippen LogP contribution is -2.44. The molecular formula is C9H18N2. The molecule has 2 nitrogen and oxygen atoms in total. The van der Waals surface area contributed by atoms with Crippen LogP contribution in [0, 0.1) is 5.92 Å². The molecule has 1 saturated carbocycles. The molecule has 2 rings (SSSR count). The molecule has 0 radical (unpaired) electrons. The quantitative estimate of drug-likeness (QED) is 0.559. The van der Waals surface area contributed by atoms with Gasteiger partial charge in [0.05, 0.1) is 0 Å². The molecule has 1 saturated heterocycles. The van der Waals surface area contributed by atoms with Gasteiger partial charge in [0, 0.05) is 24.2 Å². The van der Waals surface area contributed by atoms with Gasteiger partial charge in [-0.25, -0.2) is 0 Å². The summed E-state index contributed by atoms with van der Waals surface area (Å²) in [6, 6.07) is 0. The lowest BCUT2D eigenvalue weighted by Gasteiger charge is -2.33. The third-order valence-electron chi connectivity index (χ3n) is 3.15. The summed E-state index contributed by atoms with van der Waals surface area (Å²) in [5, 5.41) is 0. The summed E-state index contributed by atoms with van der Waals surface area (Å²) < 4.78 is 0. The third kappa shape index (κ3) is 1.09. The third-order valence-corrected chi connectivity index (χ3v) is 3.15. The molecule has 1 unspecified atom stereocenters. The minimum atomic E-state index is 0.216. The van der Waals surface area contributed by atoms with Crippen molar-refractivity contribution in [3.8, 4) is 0 Å². The minimum absolute atomic E-state index is 0.216. The number of nitrogens with two attached hydrogens (primary N) is 1. The van der Waals surface area contributed by atoms with E-state index in [0.29, 0.717) is 5.54 Å². The molecular weight excluding hydrogens is 136 g/mol. The van der Waals surface area contributed by atoms with Crippen LogP contribution in [0.15, 0.2) is 0 Å². The highest BCUT2D eigenvalue weighted by molar-refractivity contribution is 5.16. The molecule has 11 heavy (non-hydrogen) atoms. The van der Waals surface area contributed by atoms with E-state index < -0.39 is 0 Å². The summed E-state index contributed by atoms with van der Waals surface area (Å²) in [7, 11) is 0. The van der Waals surface area contributed by atoms with Gasteiger partial charge in [-0.05, 0) is 33.1 Å². The van der Waals surface area contributed by atoms with E-state index in [0.717, 1.165) is 12.5 Å². The molecule has 0 spiro atoms. The number of likely N-dealkylation sites (tertiary alicyclic amines) is 1. The van der Waals surface area contributed by atoms with Gasteiger partial charge in [-0.3, -0.25) is 4.90 Å². The van der Waals surface area contributed by atoms with Crippen molar-refractivity contribution in [3.63, 3.8) is 0 Å². The summed E-state index contributed by atoms with van der Waals surface area (Å²) in [4.78, 5) is 2.50. The van der Waals surface area contributed by atoms with Crippen LogP contribution < -0.4 is 5.73 Å². The zero-order valence-corrected chi connectivity index (χ0v) is 7.72. The molecule has 1 aliphatic heterocycles. The van der Waals surface area contributed by atoms with E-state index in [1.807, 2.05) is 0 Å². The van der Waals surface area contributed by atoms with Crippen LogP contribution in [0.3, 0.4) is 0 Å². The SMILES string of the molecule is CC(C)(C)N1CC2C[C@]2(N)C1. The van der Waals surface area contributed by atoms with Crippen LogP contribution in [0.1, 0.15) is 27.2 Å². The smallest absolute Gasteiger partial charge is 0.0329 e. The van der Waals surface area contributed by atoms with Crippen molar-refractivity contribution in [2.45, 2.75) is 38.3 Å². The van der Waals surface area contributed by atoms with Crippen LogP contribution in [-0.4, -0.2) is 29.1 Å². The normalized spacial score (nSPS) is 44.2. The van der Waals surface area contributed by atoms with Gasteiger partial charge in [0.1, 0.15) is 0 Å². The predicted molar refractivity (Wildman–Crippen MR) is 46.4 cm³/mol. The minimum Gasteiger partial charge on any atom is -0.324 e. The molecule has 1 aliphatic carbocycles. The number of nitrogens with zero attached hydrogens (tertiary/aromatic N) is 1. The first-order chi connectivity index (χ1) is 4.92. The number of hydrogen-bond donors (Lipinski definition) is 1. The molecule has 2 aliphatic rings. The Kier molecular flexibility index (Phi) is 1.24. The largest absolute Gasteiger partial charge is 0.324 e. The van der Waals surface area contributed by atoms with Gasteiger partial charge in [-0.15, -0.1) is 0 Å². The Bertz CT molecular complexity index is 182. The van der Waals surface area contributed by atoms with Crippen molar-refractivity contribution in [2.75, 3.05) is 13.1 Å². The van der Waals surface area contributed by atoms with Gasteiger partial charge >= 0.3 is 0 Å². The summed E-state index contributed by atoms with van der Waals surface area (Å²) >= 11 is 0. The van der Waals surface area contributed by atoms with E-state index in [9.17, 15) is 0 Å². The number of hydrogen-bond acceptors (Lipinski definition) is 2.